The van der Waals surface area contributed by atoms with Gasteiger partial charge < -0.3 is 9.32 Å². The number of hydrogen-bond acceptors (Lipinski definition) is 2. The summed E-state index contributed by atoms with van der Waals surface area (Å²) in [6.45, 7) is 0. The van der Waals surface area contributed by atoms with Crippen molar-refractivity contribution < 1.29 is 4.42 Å². The maximum Gasteiger partial charge on any atom is 0.136 e. The summed E-state index contributed by atoms with van der Waals surface area (Å²) in [7, 11) is 0. The molecule has 1 spiro atoms. The lowest BCUT2D eigenvalue weighted by molar-refractivity contribution is 0.669. The lowest BCUT2D eigenvalue weighted by atomic mass is 9.70. The number of benzene rings is 11. The Hall–Kier alpha value is -8.72. The smallest absolute Gasteiger partial charge is 0.136 e. The Morgan fingerprint density at radius 2 is 0.836 bits per heavy atom. The van der Waals surface area contributed by atoms with Crippen molar-refractivity contribution in [2.45, 2.75) is 5.41 Å². The van der Waals surface area contributed by atoms with Crippen LogP contribution < -0.4 is 4.90 Å². The van der Waals surface area contributed by atoms with Crippen LogP contribution in [-0.4, -0.2) is 0 Å². The molecule has 0 unspecified atom stereocenters. The van der Waals surface area contributed by atoms with Gasteiger partial charge in [0.15, 0.2) is 0 Å². The average Bonchev–Trinajstić information content (AvgIpc) is 4.04. The van der Waals surface area contributed by atoms with Gasteiger partial charge in [0.2, 0.25) is 0 Å². The summed E-state index contributed by atoms with van der Waals surface area (Å²) in [4.78, 5) is 2.48. The highest BCUT2D eigenvalue weighted by Crippen LogP contribution is 2.64. The van der Waals surface area contributed by atoms with Gasteiger partial charge in [0.05, 0.1) is 11.1 Å². The van der Waals surface area contributed by atoms with Crippen LogP contribution in [0.3, 0.4) is 0 Å². The molecule has 0 aliphatic heterocycles. The van der Waals surface area contributed by atoms with Gasteiger partial charge in [-0.2, -0.15) is 0 Å². The van der Waals surface area contributed by atoms with E-state index in [1.54, 1.807) is 0 Å². The van der Waals surface area contributed by atoms with Crippen LogP contribution in [0.4, 0.5) is 17.1 Å². The molecule has 12 aromatic rings. The molecular weight excluding hydrogens is 811 g/mol. The number of para-hydroxylation sites is 1. The molecule has 67 heavy (non-hydrogen) atoms. The first-order valence-electron chi connectivity index (χ1n) is 23.2. The van der Waals surface area contributed by atoms with Gasteiger partial charge in [-0.1, -0.05) is 206 Å². The zero-order valence-corrected chi connectivity index (χ0v) is 36.5. The standard InChI is InChI=1S/C65H41NO/c1-2-19-49-44(15-1)16-12-24-50(49)45-35-33-42(34-36-45)43-37-39-47(40-38-43)66(48-18-11-17-46(41-48)51-25-13-32-62-63(51)55-23-6-10-31-61(55)67-62)60-30-14-29-59-64(60)54-22-5-9-28-58(54)65(59)56-26-7-3-20-52(56)53-21-4-8-27-57(53)65/h1-41H. The van der Waals surface area contributed by atoms with Crippen LogP contribution in [0.5, 0.6) is 0 Å². The van der Waals surface area contributed by atoms with Crippen molar-refractivity contribution in [2.24, 2.45) is 0 Å². The summed E-state index contributed by atoms with van der Waals surface area (Å²) in [5.41, 5.74) is 22.1. The first-order valence-corrected chi connectivity index (χ1v) is 23.2. The molecule has 0 fully saturated rings. The molecule has 2 aliphatic rings. The monoisotopic (exact) mass is 851 g/mol. The number of anilines is 3. The predicted molar refractivity (Wildman–Crippen MR) is 279 cm³/mol. The van der Waals surface area contributed by atoms with E-state index in [4.69, 9.17) is 4.42 Å². The Morgan fingerprint density at radius 3 is 1.61 bits per heavy atom. The van der Waals surface area contributed by atoms with Crippen LogP contribution in [0.15, 0.2) is 253 Å². The SMILES string of the molecule is c1cc(-c2cccc3oc4ccccc4c23)cc(N(c2ccc(-c3ccc(-c4cccc5ccccc45)cc3)cc2)c2cccc3c2-c2ccccc2C32c3ccccc3-c3ccccc32)c1. The first-order chi connectivity index (χ1) is 33.2. The molecule has 0 N–H and O–H groups in total. The van der Waals surface area contributed by atoms with Gasteiger partial charge in [0.1, 0.15) is 11.2 Å². The number of rotatable bonds is 6. The van der Waals surface area contributed by atoms with Gasteiger partial charge >= 0.3 is 0 Å². The number of hydrogen-bond donors (Lipinski definition) is 0. The first kappa shape index (κ1) is 37.6. The minimum atomic E-state index is -0.456. The summed E-state index contributed by atoms with van der Waals surface area (Å²) in [5.74, 6) is 0. The van der Waals surface area contributed by atoms with Gasteiger partial charge in [0.25, 0.3) is 0 Å². The fourth-order valence-corrected chi connectivity index (χ4v) is 11.7. The maximum atomic E-state index is 6.39. The number of furan rings is 1. The molecule has 14 rings (SSSR count). The van der Waals surface area contributed by atoms with E-state index in [-0.39, 0.29) is 0 Å². The maximum absolute atomic E-state index is 6.39. The second-order valence-electron chi connectivity index (χ2n) is 17.9. The quantitative estimate of drug-likeness (QED) is 0.166. The molecular formula is C65H41NO. The lowest BCUT2D eigenvalue weighted by Gasteiger charge is -2.32. The normalized spacial score (nSPS) is 12.9. The fraction of sp³-hybridized carbons (Fsp3) is 0.0154. The van der Waals surface area contributed by atoms with Crippen molar-refractivity contribution in [3.05, 3.63) is 271 Å². The van der Waals surface area contributed by atoms with E-state index in [1.165, 1.54) is 77.5 Å². The molecule has 0 atom stereocenters. The molecule has 0 amide bonds. The second kappa shape index (κ2) is 14.7. The fourth-order valence-electron chi connectivity index (χ4n) is 11.7. The second-order valence-corrected chi connectivity index (χ2v) is 17.9. The van der Waals surface area contributed by atoms with Gasteiger partial charge in [0, 0.05) is 27.7 Å². The minimum absolute atomic E-state index is 0.456. The zero-order chi connectivity index (χ0) is 44.1. The van der Waals surface area contributed by atoms with Crippen LogP contribution in [0.25, 0.3) is 88.3 Å². The summed E-state index contributed by atoms with van der Waals surface area (Å²) >= 11 is 0. The zero-order valence-electron chi connectivity index (χ0n) is 36.5. The Morgan fingerprint density at radius 1 is 0.313 bits per heavy atom. The molecule has 0 saturated heterocycles. The van der Waals surface area contributed by atoms with Gasteiger partial charge in [-0.05, 0) is 126 Å². The van der Waals surface area contributed by atoms with Crippen molar-refractivity contribution >= 4 is 49.8 Å². The van der Waals surface area contributed by atoms with Gasteiger partial charge in [-0.3, -0.25) is 0 Å². The summed E-state index contributed by atoms with van der Waals surface area (Å²) < 4.78 is 6.39. The molecule has 2 nitrogen and oxygen atoms in total. The molecule has 2 heteroatoms. The summed E-state index contributed by atoms with van der Waals surface area (Å²) in [6, 6.07) is 91.3. The summed E-state index contributed by atoms with van der Waals surface area (Å²) in [5, 5.41) is 4.77. The van der Waals surface area contributed by atoms with Crippen molar-refractivity contribution in [3.8, 4) is 55.6 Å². The average molecular weight is 852 g/mol. The van der Waals surface area contributed by atoms with Crippen LogP contribution in [-0.2, 0) is 5.41 Å². The molecule has 312 valence electrons. The van der Waals surface area contributed by atoms with Crippen molar-refractivity contribution in [2.75, 3.05) is 4.90 Å². The van der Waals surface area contributed by atoms with E-state index < -0.39 is 5.41 Å². The molecule has 0 saturated carbocycles. The third kappa shape index (κ3) is 5.51. The van der Waals surface area contributed by atoms with Gasteiger partial charge in [-0.25, -0.2) is 0 Å². The highest BCUT2D eigenvalue weighted by atomic mass is 16.3. The predicted octanol–water partition coefficient (Wildman–Crippen LogP) is 17.6. The third-order valence-corrected chi connectivity index (χ3v) is 14.5. The Bertz CT molecular complexity index is 3880. The Balaban J connectivity index is 0.956. The van der Waals surface area contributed by atoms with Crippen LogP contribution in [0, 0.1) is 0 Å². The molecule has 2 aliphatic carbocycles. The minimum Gasteiger partial charge on any atom is -0.456 e. The largest absolute Gasteiger partial charge is 0.456 e. The summed E-state index contributed by atoms with van der Waals surface area (Å²) in [6.07, 6.45) is 0. The van der Waals surface area contributed by atoms with Crippen LogP contribution in [0.2, 0.25) is 0 Å². The molecule has 1 heterocycles. The van der Waals surface area contributed by atoms with Gasteiger partial charge in [-0.15, -0.1) is 0 Å². The molecule has 0 radical (unpaired) electrons. The third-order valence-electron chi connectivity index (χ3n) is 14.5. The van der Waals surface area contributed by atoms with E-state index in [0.29, 0.717) is 0 Å². The Labute approximate surface area is 389 Å². The molecule has 1 aromatic heterocycles. The lowest BCUT2D eigenvalue weighted by Crippen LogP contribution is -2.26. The van der Waals surface area contributed by atoms with E-state index in [9.17, 15) is 0 Å². The highest BCUT2D eigenvalue weighted by Gasteiger charge is 2.52. The van der Waals surface area contributed by atoms with E-state index in [0.717, 1.165) is 50.1 Å². The van der Waals surface area contributed by atoms with Crippen LogP contribution in [0.1, 0.15) is 22.3 Å². The Kier molecular flexibility index (Phi) is 8.23. The topological polar surface area (TPSA) is 16.4 Å². The van der Waals surface area contributed by atoms with Crippen molar-refractivity contribution in [1.29, 1.82) is 0 Å². The number of fused-ring (bicyclic) bond motifs is 14. The van der Waals surface area contributed by atoms with E-state index >= 15 is 0 Å². The van der Waals surface area contributed by atoms with Crippen LogP contribution >= 0.6 is 0 Å². The van der Waals surface area contributed by atoms with Crippen molar-refractivity contribution in [3.63, 3.8) is 0 Å². The van der Waals surface area contributed by atoms with E-state index in [1.807, 2.05) is 6.07 Å². The van der Waals surface area contributed by atoms with E-state index in [2.05, 4.69) is 248 Å². The number of nitrogens with zero attached hydrogens (tertiary/aromatic N) is 1. The molecule has 0 bridgehead atoms. The van der Waals surface area contributed by atoms with Crippen molar-refractivity contribution in [1.82, 2.24) is 0 Å². The highest BCUT2D eigenvalue weighted by molar-refractivity contribution is 6.12. The molecule has 11 aromatic carbocycles.